The molecule has 3 nitrogen and oxygen atoms in total. The first-order valence-electron chi connectivity index (χ1n) is 6.85. The van der Waals surface area contributed by atoms with Crippen LogP contribution in [0.25, 0.3) is 5.32 Å². The quantitative estimate of drug-likeness (QED) is 0.741. The van der Waals surface area contributed by atoms with Gasteiger partial charge in [0.05, 0.1) is 0 Å². The second kappa shape index (κ2) is 9.82. The number of nitrogens with zero attached hydrogens (tertiary/aromatic N) is 3. The van der Waals surface area contributed by atoms with E-state index in [4.69, 9.17) is 0 Å². The summed E-state index contributed by atoms with van der Waals surface area (Å²) in [6, 6.07) is 0.718. The second-order valence-corrected chi connectivity index (χ2v) is 5.54. The van der Waals surface area contributed by atoms with Crippen molar-refractivity contribution in [2.45, 2.75) is 32.7 Å². The van der Waals surface area contributed by atoms with E-state index in [0.29, 0.717) is 0 Å². The second-order valence-electron chi connectivity index (χ2n) is 5.54. The molecule has 0 unspecified atom stereocenters. The molecule has 0 aromatic carbocycles. The molecule has 0 atom stereocenters. The molecule has 2 saturated heterocycles. The minimum absolute atomic E-state index is 0. The van der Waals surface area contributed by atoms with Crippen molar-refractivity contribution in [1.29, 1.82) is 0 Å². The van der Waals surface area contributed by atoms with E-state index in [9.17, 15) is 0 Å². The Bertz CT molecular complexity index is 197. The van der Waals surface area contributed by atoms with Crippen LogP contribution in [0.1, 0.15) is 26.7 Å². The van der Waals surface area contributed by atoms with Gasteiger partial charge in [0.2, 0.25) is 0 Å². The van der Waals surface area contributed by atoms with Crippen molar-refractivity contribution in [3.8, 4) is 0 Å². The van der Waals surface area contributed by atoms with E-state index in [2.05, 4.69) is 29.0 Å². The fourth-order valence-corrected chi connectivity index (χ4v) is 2.81. The van der Waals surface area contributed by atoms with Crippen LogP contribution < -0.4 is 0 Å². The van der Waals surface area contributed by atoms with E-state index in [1.54, 1.807) is 0 Å². The first-order valence-corrected chi connectivity index (χ1v) is 6.85. The predicted octanol–water partition coefficient (Wildman–Crippen LogP) is 2.24. The molecular formula is C14H29N3Y-2. The standard InChI is InChI=1S/C13H26N3.CH3.Y/c1-12(2)16-9-7-15(8-10-16)11-13-3-5-14-6-4-13;;/h12-13H,3-11H2,1-2H3;1H3;/q2*-1;. The van der Waals surface area contributed by atoms with Crippen LogP contribution in [0.15, 0.2) is 0 Å². The van der Waals surface area contributed by atoms with Gasteiger partial charge in [0.25, 0.3) is 0 Å². The molecule has 2 aliphatic rings. The first-order chi connectivity index (χ1) is 7.75. The number of rotatable bonds is 3. The molecule has 2 fully saturated rings. The topological polar surface area (TPSA) is 20.6 Å². The fraction of sp³-hybridized carbons (Fsp3) is 0.929. The zero-order valence-electron chi connectivity index (χ0n) is 12.4. The largest absolute Gasteiger partial charge is 0.662 e. The van der Waals surface area contributed by atoms with Crippen molar-refractivity contribution in [1.82, 2.24) is 9.80 Å². The molecule has 0 spiro atoms. The van der Waals surface area contributed by atoms with Crippen LogP contribution in [-0.2, 0) is 32.7 Å². The first kappa shape index (κ1) is 19.0. The number of hydrogen-bond donors (Lipinski definition) is 0. The Morgan fingerprint density at radius 1 is 1.06 bits per heavy atom. The van der Waals surface area contributed by atoms with E-state index in [0.717, 1.165) is 25.0 Å². The van der Waals surface area contributed by atoms with Gasteiger partial charge in [0.15, 0.2) is 0 Å². The summed E-state index contributed by atoms with van der Waals surface area (Å²) in [5.74, 6) is 0.920. The normalized spacial score (nSPS) is 23.5. The Hall–Kier alpha value is 0.984. The Labute approximate surface area is 139 Å². The molecule has 0 amide bonds. The van der Waals surface area contributed by atoms with Gasteiger partial charge in [-0.05, 0) is 19.8 Å². The average molecular weight is 328 g/mol. The molecule has 0 bridgehead atoms. The zero-order chi connectivity index (χ0) is 11.4. The Morgan fingerprint density at radius 2 is 1.61 bits per heavy atom. The van der Waals surface area contributed by atoms with Crippen LogP contribution in [0.5, 0.6) is 0 Å². The van der Waals surface area contributed by atoms with Crippen LogP contribution >= 0.6 is 0 Å². The van der Waals surface area contributed by atoms with Crippen molar-refractivity contribution < 1.29 is 32.7 Å². The van der Waals surface area contributed by atoms with Crippen LogP contribution in [0.3, 0.4) is 0 Å². The maximum absolute atomic E-state index is 4.43. The molecule has 4 heteroatoms. The summed E-state index contributed by atoms with van der Waals surface area (Å²) in [7, 11) is 0. The van der Waals surface area contributed by atoms with E-state index in [-0.39, 0.29) is 40.1 Å². The molecule has 2 aliphatic heterocycles. The van der Waals surface area contributed by atoms with Crippen LogP contribution in [0.2, 0.25) is 0 Å². The van der Waals surface area contributed by atoms with Crippen molar-refractivity contribution in [3.05, 3.63) is 12.7 Å². The maximum Gasteiger partial charge on any atom is 0.0113 e. The third kappa shape index (κ3) is 5.96. The van der Waals surface area contributed by atoms with Gasteiger partial charge < -0.3 is 17.6 Å². The van der Waals surface area contributed by atoms with Crippen molar-refractivity contribution in [2.75, 3.05) is 45.8 Å². The zero-order valence-corrected chi connectivity index (χ0v) is 15.3. The van der Waals surface area contributed by atoms with Gasteiger partial charge in [-0.15, -0.1) is 13.1 Å². The summed E-state index contributed by atoms with van der Waals surface area (Å²) in [5, 5.41) is 4.43. The molecule has 0 aromatic heterocycles. The van der Waals surface area contributed by atoms with Crippen molar-refractivity contribution in [3.63, 3.8) is 0 Å². The third-order valence-corrected chi connectivity index (χ3v) is 4.04. The molecule has 18 heavy (non-hydrogen) atoms. The summed E-state index contributed by atoms with van der Waals surface area (Å²) in [6.07, 6.45) is 2.65. The number of piperidine rings is 1. The van der Waals surface area contributed by atoms with Gasteiger partial charge in [-0.2, -0.15) is 0 Å². The van der Waals surface area contributed by atoms with Crippen LogP contribution in [0, 0.1) is 13.3 Å². The molecule has 1 radical (unpaired) electrons. The molecule has 2 heterocycles. The molecule has 0 N–H and O–H groups in total. The van der Waals surface area contributed by atoms with E-state index < -0.39 is 0 Å². The monoisotopic (exact) mass is 328 g/mol. The molecule has 0 aromatic rings. The van der Waals surface area contributed by atoms with E-state index in [1.807, 2.05) is 0 Å². The van der Waals surface area contributed by atoms with E-state index in [1.165, 1.54) is 45.6 Å². The van der Waals surface area contributed by atoms with Gasteiger partial charge in [0.1, 0.15) is 0 Å². The van der Waals surface area contributed by atoms with Crippen molar-refractivity contribution in [2.24, 2.45) is 5.92 Å². The average Bonchev–Trinajstić information content (AvgIpc) is 2.31. The Kier molecular flexibility index (Phi) is 10.4. The smallest absolute Gasteiger partial charge is 0.0113 e. The van der Waals surface area contributed by atoms with Gasteiger partial charge in [-0.3, -0.25) is 4.90 Å². The summed E-state index contributed by atoms with van der Waals surface area (Å²) < 4.78 is 0. The number of hydrogen-bond acceptors (Lipinski definition) is 2. The van der Waals surface area contributed by atoms with E-state index >= 15 is 0 Å². The molecular weight excluding hydrogens is 299 g/mol. The molecule has 0 aliphatic carbocycles. The Balaban J connectivity index is 0.00000144. The van der Waals surface area contributed by atoms with Crippen LogP contribution in [-0.4, -0.2) is 61.7 Å². The fourth-order valence-electron chi connectivity index (χ4n) is 2.81. The van der Waals surface area contributed by atoms with Gasteiger partial charge >= 0.3 is 0 Å². The summed E-state index contributed by atoms with van der Waals surface area (Å²) in [5.41, 5.74) is 0. The minimum Gasteiger partial charge on any atom is -0.662 e. The molecule has 105 valence electrons. The summed E-state index contributed by atoms with van der Waals surface area (Å²) >= 11 is 0. The third-order valence-electron chi connectivity index (χ3n) is 4.04. The van der Waals surface area contributed by atoms with Gasteiger partial charge in [-0.25, -0.2) is 0 Å². The van der Waals surface area contributed by atoms with Gasteiger partial charge in [0, 0.05) is 71.5 Å². The Morgan fingerprint density at radius 3 is 2.11 bits per heavy atom. The number of piperazine rings is 1. The summed E-state index contributed by atoms with van der Waals surface area (Å²) in [6.45, 7) is 13.2. The SMILES string of the molecule is CC(C)N1CCN(CC2CC[N-]CC2)CC1.[CH3-].[Y]. The van der Waals surface area contributed by atoms with Gasteiger partial charge in [-0.1, -0.05) is 12.8 Å². The summed E-state index contributed by atoms with van der Waals surface area (Å²) in [4.78, 5) is 5.25. The van der Waals surface area contributed by atoms with Crippen molar-refractivity contribution >= 4 is 0 Å². The molecule has 0 saturated carbocycles. The molecule has 2 rings (SSSR count). The predicted molar refractivity (Wildman–Crippen MR) is 75.4 cm³/mol. The minimum atomic E-state index is 0. The van der Waals surface area contributed by atoms with Crippen LogP contribution in [0.4, 0.5) is 0 Å². The maximum atomic E-state index is 4.43.